The van der Waals surface area contributed by atoms with E-state index in [-0.39, 0.29) is 5.92 Å². The molecule has 0 heterocycles. The van der Waals surface area contributed by atoms with Crippen molar-refractivity contribution in [2.45, 2.75) is 12.8 Å². The van der Waals surface area contributed by atoms with Gasteiger partial charge in [-0.15, -0.1) is 0 Å². The lowest BCUT2D eigenvalue weighted by Crippen LogP contribution is -2.08. The first-order valence-corrected chi connectivity index (χ1v) is 5.45. The zero-order valence-electron chi connectivity index (χ0n) is 9.30. The fourth-order valence-electron chi connectivity index (χ4n) is 1.76. The molecular weight excluding hydrogens is 196 g/mol. The van der Waals surface area contributed by atoms with Gasteiger partial charge in [0.05, 0.1) is 0 Å². The van der Waals surface area contributed by atoms with Gasteiger partial charge >= 0.3 is 0 Å². The molecular formula is C15H15O. The Bertz CT molecular complexity index is 378. The van der Waals surface area contributed by atoms with Crippen LogP contribution in [0.2, 0.25) is 0 Å². The molecule has 0 amide bonds. The largest absolute Gasteiger partial charge is 0.381 e. The van der Waals surface area contributed by atoms with Crippen LogP contribution in [0.1, 0.15) is 24.0 Å². The molecule has 0 aliphatic rings. The molecule has 0 aliphatic heterocycles. The van der Waals surface area contributed by atoms with E-state index < -0.39 is 0 Å². The predicted octanol–water partition coefficient (Wildman–Crippen LogP) is 3.74. The maximum absolute atomic E-state index is 10.2. The molecule has 81 valence electrons. The summed E-state index contributed by atoms with van der Waals surface area (Å²) in [6.45, 7) is 2.01. The SMILES string of the molecule is CC([C](O)c1ccccc1)c1ccccc1. The lowest BCUT2D eigenvalue weighted by atomic mass is 9.91. The summed E-state index contributed by atoms with van der Waals surface area (Å²) in [4.78, 5) is 0. The summed E-state index contributed by atoms with van der Waals surface area (Å²) in [5, 5.41) is 10.2. The first-order valence-electron chi connectivity index (χ1n) is 5.45. The number of aliphatic hydroxyl groups is 1. The van der Waals surface area contributed by atoms with Gasteiger partial charge in [0.2, 0.25) is 0 Å². The molecule has 0 saturated carbocycles. The Labute approximate surface area is 96.4 Å². The van der Waals surface area contributed by atoms with Crippen LogP contribution in [0.4, 0.5) is 0 Å². The van der Waals surface area contributed by atoms with Crippen LogP contribution in [-0.2, 0) is 0 Å². The highest BCUT2D eigenvalue weighted by atomic mass is 16.3. The summed E-state index contributed by atoms with van der Waals surface area (Å²) < 4.78 is 0. The zero-order chi connectivity index (χ0) is 11.4. The predicted molar refractivity (Wildman–Crippen MR) is 65.6 cm³/mol. The Morgan fingerprint density at radius 1 is 0.875 bits per heavy atom. The highest BCUT2D eigenvalue weighted by Crippen LogP contribution is 2.28. The molecule has 0 fully saturated rings. The van der Waals surface area contributed by atoms with Crippen molar-refractivity contribution in [3.63, 3.8) is 0 Å². The number of benzene rings is 2. The quantitative estimate of drug-likeness (QED) is 0.819. The van der Waals surface area contributed by atoms with E-state index >= 15 is 0 Å². The number of hydrogen-bond acceptors (Lipinski definition) is 1. The lowest BCUT2D eigenvalue weighted by molar-refractivity contribution is 0.298. The monoisotopic (exact) mass is 211 g/mol. The van der Waals surface area contributed by atoms with Gasteiger partial charge in [0, 0.05) is 5.92 Å². The third-order valence-electron chi connectivity index (χ3n) is 2.78. The van der Waals surface area contributed by atoms with Crippen LogP contribution in [0.25, 0.3) is 0 Å². The maximum atomic E-state index is 10.2. The fourth-order valence-corrected chi connectivity index (χ4v) is 1.76. The molecule has 0 bridgehead atoms. The first kappa shape index (κ1) is 10.9. The van der Waals surface area contributed by atoms with E-state index in [0.717, 1.165) is 11.1 Å². The molecule has 1 N–H and O–H groups in total. The van der Waals surface area contributed by atoms with Gasteiger partial charge in [-0.2, -0.15) is 0 Å². The molecule has 1 radical (unpaired) electrons. The molecule has 0 aromatic heterocycles. The van der Waals surface area contributed by atoms with Gasteiger partial charge in [-0.05, 0) is 11.1 Å². The van der Waals surface area contributed by atoms with Gasteiger partial charge in [-0.25, -0.2) is 0 Å². The van der Waals surface area contributed by atoms with Crippen molar-refractivity contribution in [2.75, 3.05) is 0 Å². The highest BCUT2D eigenvalue weighted by Gasteiger charge is 2.18. The zero-order valence-corrected chi connectivity index (χ0v) is 9.30. The third-order valence-corrected chi connectivity index (χ3v) is 2.78. The molecule has 0 aliphatic carbocycles. The Balaban J connectivity index is 2.20. The van der Waals surface area contributed by atoms with Gasteiger partial charge in [0.1, 0.15) is 6.10 Å². The van der Waals surface area contributed by atoms with Crippen LogP contribution >= 0.6 is 0 Å². The van der Waals surface area contributed by atoms with Crippen molar-refractivity contribution in [1.82, 2.24) is 0 Å². The van der Waals surface area contributed by atoms with E-state index in [1.54, 1.807) is 0 Å². The molecule has 1 nitrogen and oxygen atoms in total. The van der Waals surface area contributed by atoms with Crippen molar-refractivity contribution < 1.29 is 5.11 Å². The van der Waals surface area contributed by atoms with Gasteiger partial charge in [0.25, 0.3) is 0 Å². The van der Waals surface area contributed by atoms with Crippen molar-refractivity contribution in [1.29, 1.82) is 0 Å². The lowest BCUT2D eigenvalue weighted by Gasteiger charge is -2.18. The second-order valence-electron chi connectivity index (χ2n) is 3.88. The summed E-state index contributed by atoms with van der Waals surface area (Å²) in [6.07, 6.45) is 0.423. The Hall–Kier alpha value is -1.60. The van der Waals surface area contributed by atoms with Crippen LogP contribution < -0.4 is 0 Å². The van der Waals surface area contributed by atoms with Gasteiger partial charge in [-0.3, -0.25) is 0 Å². The molecule has 16 heavy (non-hydrogen) atoms. The Morgan fingerprint density at radius 2 is 1.38 bits per heavy atom. The molecule has 2 rings (SSSR count). The van der Waals surface area contributed by atoms with Crippen LogP contribution in [0.5, 0.6) is 0 Å². The van der Waals surface area contributed by atoms with Crippen LogP contribution in [0.3, 0.4) is 0 Å². The van der Waals surface area contributed by atoms with Crippen molar-refractivity contribution >= 4 is 0 Å². The maximum Gasteiger partial charge on any atom is 0.129 e. The van der Waals surface area contributed by atoms with Gasteiger partial charge < -0.3 is 5.11 Å². The van der Waals surface area contributed by atoms with E-state index in [4.69, 9.17) is 0 Å². The second-order valence-corrected chi connectivity index (χ2v) is 3.88. The smallest absolute Gasteiger partial charge is 0.129 e. The summed E-state index contributed by atoms with van der Waals surface area (Å²) >= 11 is 0. The number of rotatable bonds is 3. The van der Waals surface area contributed by atoms with Gasteiger partial charge in [0.15, 0.2) is 0 Å². The molecule has 1 heteroatoms. The minimum Gasteiger partial charge on any atom is -0.381 e. The Morgan fingerprint density at radius 3 is 1.94 bits per heavy atom. The number of hydrogen-bond donors (Lipinski definition) is 1. The fraction of sp³-hybridized carbons (Fsp3) is 0.133. The summed E-state index contributed by atoms with van der Waals surface area (Å²) in [5.41, 5.74) is 2.02. The average Bonchev–Trinajstić information content (AvgIpc) is 2.39. The van der Waals surface area contributed by atoms with E-state index in [9.17, 15) is 5.11 Å². The normalized spacial score (nSPS) is 12.7. The van der Waals surface area contributed by atoms with Crippen molar-refractivity contribution in [3.8, 4) is 0 Å². The van der Waals surface area contributed by atoms with Crippen LogP contribution in [0, 0.1) is 6.10 Å². The summed E-state index contributed by atoms with van der Waals surface area (Å²) in [5.74, 6) is 0.0311. The van der Waals surface area contributed by atoms with Gasteiger partial charge in [-0.1, -0.05) is 67.6 Å². The summed E-state index contributed by atoms with van der Waals surface area (Å²) in [7, 11) is 0. The first-order chi connectivity index (χ1) is 7.79. The summed E-state index contributed by atoms with van der Waals surface area (Å²) in [6, 6.07) is 19.7. The number of aliphatic hydroxyl groups excluding tert-OH is 1. The average molecular weight is 211 g/mol. The minimum absolute atomic E-state index is 0.0311. The van der Waals surface area contributed by atoms with E-state index in [0.29, 0.717) is 6.10 Å². The van der Waals surface area contributed by atoms with Crippen molar-refractivity contribution in [3.05, 3.63) is 77.9 Å². The molecule has 1 atom stereocenters. The molecule has 1 unspecified atom stereocenters. The topological polar surface area (TPSA) is 20.2 Å². The second kappa shape index (κ2) is 4.95. The Kier molecular flexibility index (Phi) is 3.37. The third kappa shape index (κ3) is 2.31. The van der Waals surface area contributed by atoms with Crippen molar-refractivity contribution in [2.24, 2.45) is 0 Å². The molecule has 0 spiro atoms. The minimum atomic E-state index is 0.0311. The molecule has 0 saturated heterocycles. The standard InChI is InChI=1S/C15H15O/c1-12(13-8-4-2-5-9-13)15(16)14-10-6-3-7-11-14/h2-12,16H,1H3. The molecule has 2 aromatic carbocycles. The van der Waals surface area contributed by atoms with E-state index in [1.165, 1.54) is 0 Å². The van der Waals surface area contributed by atoms with E-state index in [1.807, 2.05) is 67.6 Å². The van der Waals surface area contributed by atoms with Crippen LogP contribution in [0.15, 0.2) is 60.7 Å². The van der Waals surface area contributed by atoms with E-state index in [2.05, 4.69) is 0 Å². The molecule has 2 aromatic rings. The van der Waals surface area contributed by atoms with Crippen LogP contribution in [-0.4, -0.2) is 5.11 Å². The highest BCUT2D eigenvalue weighted by molar-refractivity contribution is 5.34.